The van der Waals surface area contributed by atoms with Gasteiger partial charge in [0, 0.05) is 4.91 Å². The molecule has 3 N–H and O–H groups in total. The highest BCUT2D eigenvalue weighted by Gasteiger charge is 2.45. The van der Waals surface area contributed by atoms with Crippen LogP contribution in [0.15, 0.2) is 5.11 Å². The zero-order valence-corrected chi connectivity index (χ0v) is 8.36. The van der Waals surface area contributed by atoms with Crippen molar-refractivity contribution in [3.05, 3.63) is 20.6 Å². The van der Waals surface area contributed by atoms with Crippen molar-refractivity contribution in [1.82, 2.24) is 0 Å². The summed E-state index contributed by atoms with van der Waals surface area (Å²) in [5, 5.41) is 39.8. The van der Waals surface area contributed by atoms with Crippen LogP contribution in [0, 0.1) is 10.1 Å². The van der Waals surface area contributed by atoms with E-state index in [4.69, 9.17) is 15.4 Å². The van der Waals surface area contributed by atoms with Crippen LogP contribution in [0.2, 0.25) is 0 Å². The molecule has 11 nitrogen and oxygen atoms in total. The Balaban J connectivity index is 2.89. The predicted molar refractivity (Wildman–Crippen MR) is 48.8 cm³/mol. The molecular weight excluding hydrogens is 240 g/mol. The van der Waals surface area contributed by atoms with Crippen LogP contribution in [0.1, 0.15) is 0 Å². The van der Waals surface area contributed by atoms with E-state index in [1.807, 2.05) is 0 Å². The zero-order valence-electron chi connectivity index (χ0n) is 8.36. The molecule has 1 fully saturated rings. The zero-order chi connectivity index (χ0) is 13.0. The van der Waals surface area contributed by atoms with Gasteiger partial charge in [-0.05, 0) is 5.53 Å². The van der Waals surface area contributed by atoms with Gasteiger partial charge in [-0.3, -0.25) is 4.84 Å². The van der Waals surface area contributed by atoms with Crippen LogP contribution in [0.25, 0.3) is 10.4 Å². The molecule has 0 spiro atoms. The molecule has 17 heavy (non-hydrogen) atoms. The molecule has 1 aliphatic heterocycles. The highest BCUT2D eigenvalue weighted by Crippen LogP contribution is 2.24. The largest absolute Gasteiger partial charge is 0.394 e. The lowest BCUT2D eigenvalue weighted by Gasteiger charge is -2.38. The van der Waals surface area contributed by atoms with Crippen LogP contribution in [0.4, 0.5) is 0 Å². The number of ether oxygens (including phenoxy) is 1. The molecule has 1 saturated heterocycles. The molecule has 0 aromatic carbocycles. The summed E-state index contributed by atoms with van der Waals surface area (Å²) in [5.41, 5.74) is 8.23. The fourth-order valence-electron chi connectivity index (χ4n) is 1.42. The Bertz CT molecular complexity index is 332. The lowest BCUT2D eigenvalue weighted by molar-refractivity contribution is -0.783. The number of nitrogens with zero attached hydrogens (tertiary/aromatic N) is 4. The molecule has 0 saturated carbocycles. The van der Waals surface area contributed by atoms with Crippen LogP contribution in [0.3, 0.4) is 0 Å². The van der Waals surface area contributed by atoms with E-state index in [-0.39, 0.29) is 0 Å². The highest BCUT2D eigenvalue weighted by molar-refractivity contribution is 4.93. The first-order valence-electron chi connectivity index (χ1n) is 4.49. The van der Waals surface area contributed by atoms with E-state index in [1.54, 1.807) is 0 Å². The first kappa shape index (κ1) is 13.4. The first-order valence-corrected chi connectivity index (χ1v) is 4.49. The van der Waals surface area contributed by atoms with Gasteiger partial charge in [-0.15, -0.1) is 10.1 Å². The van der Waals surface area contributed by atoms with E-state index in [0.717, 1.165) is 0 Å². The molecule has 1 aliphatic rings. The second-order valence-electron chi connectivity index (χ2n) is 3.23. The van der Waals surface area contributed by atoms with Gasteiger partial charge in [0.1, 0.15) is 18.2 Å². The summed E-state index contributed by atoms with van der Waals surface area (Å²) in [6.07, 6.45) is -6.12. The molecule has 11 heteroatoms. The minimum Gasteiger partial charge on any atom is -0.394 e. The molecule has 0 bridgehead atoms. The average Bonchev–Trinajstić information content (AvgIpc) is 2.27. The van der Waals surface area contributed by atoms with Crippen molar-refractivity contribution in [2.45, 2.75) is 30.6 Å². The van der Waals surface area contributed by atoms with Gasteiger partial charge in [-0.25, -0.2) is 0 Å². The number of hydrogen-bond acceptors (Lipinski definition) is 8. The topological polar surface area (TPSA) is 171 Å². The Labute approximate surface area is 93.9 Å². The van der Waals surface area contributed by atoms with Gasteiger partial charge < -0.3 is 20.1 Å². The van der Waals surface area contributed by atoms with E-state index in [0.29, 0.717) is 0 Å². The minimum atomic E-state index is -1.68. The van der Waals surface area contributed by atoms with Gasteiger partial charge in [0.15, 0.2) is 0 Å². The molecule has 0 aromatic heterocycles. The average molecular weight is 250 g/mol. The van der Waals surface area contributed by atoms with Crippen molar-refractivity contribution in [3.63, 3.8) is 0 Å². The molecule has 0 aromatic rings. The third-order valence-electron chi connectivity index (χ3n) is 2.22. The van der Waals surface area contributed by atoms with E-state index in [2.05, 4.69) is 14.9 Å². The van der Waals surface area contributed by atoms with Crippen LogP contribution < -0.4 is 0 Å². The fourth-order valence-corrected chi connectivity index (χ4v) is 1.42. The normalized spacial score (nSPS) is 37.0. The highest BCUT2D eigenvalue weighted by atomic mass is 17.0. The van der Waals surface area contributed by atoms with Gasteiger partial charge in [0.05, 0.1) is 12.7 Å². The third-order valence-corrected chi connectivity index (χ3v) is 2.22. The molecule has 3 unspecified atom stereocenters. The van der Waals surface area contributed by atoms with E-state index < -0.39 is 42.3 Å². The van der Waals surface area contributed by atoms with Gasteiger partial charge in [-0.1, -0.05) is 5.11 Å². The van der Waals surface area contributed by atoms with Gasteiger partial charge >= 0.3 is 0 Å². The molecular formula is C6H10N4O7. The Hall–Kier alpha value is -1.65. The lowest BCUT2D eigenvalue weighted by Crippen LogP contribution is -2.58. The second kappa shape index (κ2) is 5.61. The van der Waals surface area contributed by atoms with Crippen molar-refractivity contribution in [2.24, 2.45) is 5.11 Å². The predicted octanol–water partition coefficient (Wildman–Crippen LogP) is -1.69. The molecule has 5 atom stereocenters. The number of hydrogen-bond donors (Lipinski definition) is 3. The maximum absolute atomic E-state index is 10.2. The van der Waals surface area contributed by atoms with Crippen LogP contribution in [-0.4, -0.2) is 57.7 Å². The summed E-state index contributed by atoms with van der Waals surface area (Å²) in [4.78, 5) is 16.6. The van der Waals surface area contributed by atoms with Gasteiger partial charge in [-0.2, -0.15) is 0 Å². The van der Waals surface area contributed by atoms with Crippen molar-refractivity contribution >= 4 is 0 Å². The summed E-state index contributed by atoms with van der Waals surface area (Å²) in [5.74, 6) is 0. The number of azide groups is 1. The Morgan fingerprint density at radius 1 is 1.53 bits per heavy atom. The van der Waals surface area contributed by atoms with Crippen LogP contribution in [-0.2, 0) is 9.57 Å². The van der Waals surface area contributed by atoms with E-state index in [9.17, 15) is 20.3 Å². The number of rotatable bonds is 4. The molecule has 0 aliphatic carbocycles. The lowest BCUT2D eigenvalue weighted by atomic mass is 9.98. The summed E-state index contributed by atoms with van der Waals surface area (Å²) in [6.45, 7) is -0.682. The van der Waals surface area contributed by atoms with Crippen molar-refractivity contribution < 1.29 is 30.0 Å². The standard InChI is InChI=1S/C6H10N4O7/c7-9-8-3-5(13)4(12)2(1-11)16-6(3)17-10(14)15/h2-6,11-13H,1H2/t2?,3-,4+,5?,6?/m1/s1. The molecule has 0 amide bonds. The summed E-state index contributed by atoms with van der Waals surface area (Å²) >= 11 is 0. The molecule has 1 heterocycles. The van der Waals surface area contributed by atoms with E-state index in [1.165, 1.54) is 0 Å². The van der Waals surface area contributed by atoms with Crippen molar-refractivity contribution in [1.29, 1.82) is 0 Å². The minimum absolute atomic E-state index is 0.682. The molecule has 1 rings (SSSR count). The Morgan fingerprint density at radius 3 is 2.65 bits per heavy atom. The van der Waals surface area contributed by atoms with E-state index >= 15 is 0 Å². The number of aliphatic hydroxyl groups excluding tert-OH is 3. The smallest absolute Gasteiger partial charge is 0.297 e. The quantitative estimate of drug-likeness (QED) is 0.175. The first-order chi connectivity index (χ1) is 8.01. The summed E-state index contributed by atoms with van der Waals surface area (Å²) in [7, 11) is 0. The maximum atomic E-state index is 10.2. The van der Waals surface area contributed by atoms with Gasteiger partial charge in [0.25, 0.3) is 5.09 Å². The third kappa shape index (κ3) is 2.93. The van der Waals surface area contributed by atoms with Crippen molar-refractivity contribution in [3.8, 4) is 0 Å². The number of aliphatic hydroxyl groups is 3. The Morgan fingerprint density at radius 2 is 2.18 bits per heavy atom. The molecule has 96 valence electrons. The molecule has 0 radical (unpaired) electrons. The summed E-state index contributed by atoms with van der Waals surface area (Å²) < 4.78 is 4.81. The Kier molecular flexibility index (Phi) is 4.43. The van der Waals surface area contributed by atoms with Crippen LogP contribution >= 0.6 is 0 Å². The monoisotopic (exact) mass is 250 g/mol. The summed E-state index contributed by atoms with van der Waals surface area (Å²) in [6, 6.07) is -1.48. The SMILES string of the molecule is [N-]=[N+]=N[C@H]1C(O[N+](=O)[O-])OC(CO)[C@H](O)C1O. The van der Waals surface area contributed by atoms with Gasteiger partial charge in [0.2, 0.25) is 6.29 Å². The van der Waals surface area contributed by atoms with Crippen molar-refractivity contribution in [2.75, 3.05) is 6.61 Å². The fraction of sp³-hybridized carbons (Fsp3) is 1.00. The maximum Gasteiger partial charge on any atom is 0.297 e. The second-order valence-corrected chi connectivity index (χ2v) is 3.23. The van der Waals surface area contributed by atoms with Crippen LogP contribution in [0.5, 0.6) is 0 Å².